The fourth-order valence-electron chi connectivity index (χ4n) is 2.90. The van der Waals surface area contributed by atoms with Crippen molar-refractivity contribution in [1.29, 1.82) is 0 Å². The molecule has 1 amide bonds. The lowest BCUT2D eigenvalue weighted by Gasteiger charge is -2.13. The van der Waals surface area contributed by atoms with E-state index in [0.29, 0.717) is 16.3 Å². The van der Waals surface area contributed by atoms with Gasteiger partial charge in [-0.05, 0) is 46.8 Å². The van der Waals surface area contributed by atoms with Crippen LogP contribution >= 0.6 is 11.3 Å². The van der Waals surface area contributed by atoms with Crippen molar-refractivity contribution in [3.05, 3.63) is 51.5 Å². The van der Waals surface area contributed by atoms with Gasteiger partial charge in [-0.1, -0.05) is 0 Å². The van der Waals surface area contributed by atoms with E-state index in [0.717, 1.165) is 35.3 Å². The number of tetrazole rings is 1. The van der Waals surface area contributed by atoms with Crippen LogP contribution in [0.5, 0.6) is 0 Å². The van der Waals surface area contributed by atoms with Gasteiger partial charge in [0.25, 0.3) is 5.91 Å². The fourth-order valence-corrected chi connectivity index (χ4v) is 3.57. The zero-order chi connectivity index (χ0) is 18.1. The molecule has 0 atom stereocenters. The van der Waals surface area contributed by atoms with Crippen molar-refractivity contribution < 1.29 is 9.59 Å². The van der Waals surface area contributed by atoms with Crippen LogP contribution in [0.2, 0.25) is 0 Å². The molecule has 3 aromatic heterocycles. The molecule has 4 heterocycles. The number of rotatable bonds is 5. The Balaban J connectivity index is 1.49. The second-order valence-electron chi connectivity index (χ2n) is 6.01. The number of ketones is 1. The summed E-state index contributed by atoms with van der Waals surface area (Å²) in [4.78, 5) is 41.7. The number of amides is 1. The highest BCUT2D eigenvalue weighted by atomic mass is 32.1. The molecule has 0 aromatic carbocycles. The van der Waals surface area contributed by atoms with E-state index >= 15 is 0 Å². The Morgan fingerprint density at radius 3 is 2.77 bits per heavy atom. The third kappa shape index (κ3) is 2.99. The van der Waals surface area contributed by atoms with Gasteiger partial charge in [0.1, 0.15) is 17.2 Å². The zero-order valence-corrected chi connectivity index (χ0v) is 14.6. The van der Waals surface area contributed by atoms with Gasteiger partial charge >= 0.3 is 5.69 Å². The predicted molar refractivity (Wildman–Crippen MR) is 93.8 cm³/mol. The van der Waals surface area contributed by atoms with Gasteiger partial charge in [-0.2, -0.15) is 9.36 Å². The monoisotopic (exact) mass is 372 g/mol. The molecule has 0 bridgehead atoms. The van der Waals surface area contributed by atoms with Gasteiger partial charge in [-0.3, -0.25) is 9.59 Å². The number of aromatic nitrogens is 5. The summed E-state index contributed by atoms with van der Waals surface area (Å²) >= 11 is 1.35. The molecule has 1 aliphatic heterocycles. The number of H-pyrrole nitrogens is 1. The molecule has 3 aromatic rings. The second kappa shape index (κ2) is 6.71. The molecule has 0 unspecified atom stereocenters. The summed E-state index contributed by atoms with van der Waals surface area (Å²) < 4.78 is 2.16. The molecule has 4 rings (SSSR count). The Hall–Kier alpha value is -3.01. The van der Waals surface area contributed by atoms with Crippen LogP contribution in [0.15, 0.2) is 34.6 Å². The van der Waals surface area contributed by atoms with Crippen molar-refractivity contribution in [2.45, 2.75) is 19.4 Å². The van der Waals surface area contributed by atoms with Crippen LogP contribution in [-0.2, 0) is 6.54 Å². The molecular formula is C16H16N6O3S. The Morgan fingerprint density at radius 1 is 1.23 bits per heavy atom. The number of carbonyl (C=O) groups excluding carboxylic acids is 2. The minimum absolute atomic E-state index is 0.109. The van der Waals surface area contributed by atoms with Crippen LogP contribution in [0.4, 0.5) is 0 Å². The van der Waals surface area contributed by atoms with Crippen LogP contribution in [0.25, 0.3) is 5.00 Å². The van der Waals surface area contributed by atoms with E-state index in [4.69, 9.17) is 0 Å². The maximum absolute atomic E-state index is 12.4. The summed E-state index contributed by atoms with van der Waals surface area (Å²) in [5.41, 5.74) is 0.236. The van der Waals surface area contributed by atoms with Crippen LogP contribution in [0.1, 0.15) is 33.7 Å². The van der Waals surface area contributed by atoms with Crippen molar-refractivity contribution >= 4 is 23.0 Å². The van der Waals surface area contributed by atoms with E-state index in [2.05, 4.69) is 15.4 Å². The van der Waals surface area contributed by atoms with Crippen molar-refractivity contribution in [3.63, 3.8) is 0 Å². The fraction of sp³-hybridized carbons (Fsp3) is 0.312. The van der Waals surface area contributed by atoms with Gasteiger partial charge in [0.15, 0.2) is 5.78 Å². The van der Waals surface area contributed by atoms with Crippen LogP contribution in [-0.4, -0.2) is 54.5 Å². The molecule has 134 valence electrons. The second-order valence-corrected chi connectivity index (χ2v) is 6.93. The summed E-state index contributed by atoms with van der Waals surface area (Å²) in [5, 5.41) is 10.0. The summed E-state index contributed by atoms with van der Waals surface area (Å²) in [6.45, 7) is 1.24. The number of aromatic amines is 1. The van der Waals surface area contributed by atoms with Gasteiger partial charge in [-0.15, -0.1) is 11.3 Å². The molecule has 1 saturated heterocycles. The van der Waals surface area contributed by atoms with Gasteiger partial charge < -0.3 is 9.88 Å². The first-order chi connectivity index (χ1) is 12.6. The number of hydrogen-bond donors (Lipinski definition) is 1. The standard InChI is InChI=1S/C16H16N6O3S/c23-13(10-21-16(25)22(19-18-21)14-4-3-7-26-14)11-8-12(17-9-11)15(24)20-5-1-2-6-20/h3-4,7-9,17H,1-2,5-6,10H2. The number of carbonyl (C=O) groups is 2. The van der Waals surface area contributed by atoms with Gasteiger partial charge in [0.2, 0.25) is 0 Å². The number of thiophene rings is 1. The molecule has 10 heteroatoms. The van der Waals surface area contributed by atoms with Gasteiger partial charge in [0.05, 0.1) is 0 Å². The number of nitrogens with zero attached hydrogens (tertiary/aromatic N) is 5. The first kappa shape index (κ1) is 16.5. The molecule has 1 N–H and O–H groups in total. The maximum atomic E-state index is 12.4. The summed E-state index contributed by atoms with van der Waals surface area (Å²) in [5.74, 6) is -0.426. The van der Waals surface area contributed by atoms with Gasteiger partial charge in [-0.25, -0.2) is 4.79 Å². The maximum Gasteiger partial charge on any atom is 0.369 e. The largest absolute Gasteiger partial charge is 0.369 e. The molecule has 0 spiro atoms. The van der Waals surface area contributed by atoms with E-state index in [1.54, 1.807) is 17.0 Å². The number of Topliss-reactive ketones (excluding diaryl/α,β-unsaturated/α-hetero) is 1. The highest BCUT2D eigenvalue weighted by Crippen LogP contribution is 2.14. The van der Waals surface area contributed by atoms with E-state index in [-0.39, 0.29) is 18.2 Å². The van der Waals surface area contributed by atoms with Crippen molar-refractivity contribution in [1.82, 2.24) is 29.7 Å². The predicted octanol–water partition coefficient (Wildman–Crippen LogP) is 0.937. The van der Waals surface area contributed by atoms with E-state index < -0.39 is 5.69 Å². The quantitative estimate of drug-likeness (QED) is 0.671. The Labute approximate surface area is 151 Å². The Bertz CT molecular complexity index is 994. The van der Waals surface area contributed by atoms with Crippen LogP contribution < -0.4 is 5.69 Å². The normalized spacial score (nSPS) is 14.1. The van der Waals surface area contributed by atoms with Crippen molar-refractivity contribution in [3.8, 4) is 5.00 Å². The lowest BCUT2D eigenvalue weighted by Crippen LogP contribution is -2.28. The molecular weight excluding hydrogens is 356 g/mol. The third-order valence-corrected chi connectivity index (χ3v) is 5.12. The minimum atomic E-state index is -0.482. The van der Waals surface area contributed by atoms with E-state index in [1.165, 1.54) is 23.6 Å². The molecule has 1 fully saturated rings. The van der Waals surface area contributed by atoms with Crippen LogP contribution in [0.3, 0.4) is 0 Å². The number of hydrogen-bond acceptors (Lipinski definition) is 6. The molecule has 1 aliphatic rings. The highest BCUT2D eigenvalue weighted by molar-refractivity contribution is 7.12. The SMILES string of the molecule is O=C(Cn1nnn(-c2cccs2)c1=O)c1c[nH]c(C(=O)N2CCCC2)c1. The van der Waals surface area contributed by atoms with Crippen molar-refractivity contribution in [2.24, 2.45) is 0 Å². The molecule has 0 saturated carbocycles. The smallest absolute Gasteiger partial charge is 0.356 e. The summed E-state index contributed by atoms with van der Waals surface area (Å²) in [7, 11) is 0. The van der Waals surface area contributed by atoms with E-state index in [9.17, 15) is 14.4 Å². The Morgan fingerprint density at radius 2 is 2.04 bits per heavy atom. The number of likely N-dealkylation sites (tertiary alicyclic amines) is 1. The average molecular weight is 372 g/mol. The average Bonchev–Trinajstić information content (AvgIpc) is 3.42. The van der Waals surface area contributed by atoms with E-state index in [1.807, 2.05) is 5.38 Å². The summed E-state index contributed by atoms with van der Waals surface area (Å²) in [6, 6.07) is 5.07. The topological polar surface area (TPSA) is 106 Å². The highest BCUT2D eigenvalue weighted by Gasteiger charge is 2.22. The minimum Gasteiger partial charge on any atom is -0.356 e. The van der Waals surface area contributed by atoms with Gasteiger partial charge in [0, 0.05) is 24.8 Å². The molecule has 9 nitrogen and oxygen atoms in total. The molecule has 0 radical (unpaired) electrons. The van der Waals surface area contributed by atoms with Crippen LogP contribution in [0, 0.1) is 0 Å². The summed E-state index contributed by atoms with van der Waals surface area (Å²) in [6.07, 6.45) is 3.49. The first-order valence-electron chi connectivity index (χ1n) is 8.21. The number of nitrogens with one attached hydrogen (secondary N) is 1. The lowest BCUT2D eigenvalue weighted by atomic mass is 10.2. The van der Waals surface area contributed by atoms with Crippen molar-refractivity contribution in [2.75, 3.05) is 13.1 Å². The first-order valence-corrected chi connectivity index (χ1v) is 9.09. The molecule has 26 heavy (non-hydrogen) atoms. The lowest BCUT2D eigenvalue weighted by molar-refractivity contribution is 0.0787. The third-order valence-electron chi connectivity index (χ3n) is 4.28. The molecule has 0 aliphatic carbocycles. The zero-order valence-electron chi connectivity index (χ0n) is 13.8. The Kier molecular flexibility index (Phi) is 4.25.